The van der Waals surface area contributed by atoms with Crippen LogP contribution in [0.15, 0.2) is 166 Å². The van der Waals surface area contributed by atoms with Gasteiger partial charge in [-0.2, -0.15) is 0 Å². The van der Waals surface area contributed by atoms with Crippen LogP contribution in [0.3, 0.4) is 0 Å². The first-order valence-electron chi connectivity index (χ1n) is 18.9. The molecule has 2 aromatic heterocycles. The Balaban J connectivity index is 1.27. The fraction of sp³-hybridized carbons (Fsp3) is 0. The van der Waals surface area contributed by atoms with Gasteiger partial charge in [0.15, 0.2) is 0 Å². The Morgan fingerprint density at radius 1 is 0.333 bits per heavy atom. The van der Waals surface area contributed by atoms with E-state index in [0.29, 0.717) is 76.5 Å². The van der Waals surface area contributed by atoms with Crippen molar-refractivity contribution >= 4 is 87.0 Å². The quantitative estimate of drug-likeness (QED) is 0.181. The zero-order valence-corrected chi connectivity index (χ0v) is 25.4. The third-order valence-electron chi connectivity index (χ3n) is 9.69. The van der Waals surface area contributed by atoms with E-state index in [9.17, 15) is 8.22 Å². The summed E-state index contributed by atoms with van der Waals surface area (Å²) in [6.07, 6.45) is 0. The third-order valence-corrected chi connectivity index (χ3v) is 9.69. The largest absolute Gasteiger partial charge is 0.455 e. The van der Waals surface area contributed by atoms with E-state index in [-0.39, 0.29) is 47.4 Å². The zero-order chi connectivity index (χ0) is 36.6. The zero-order valence-electron chi connectivity index (χ0n) is 31.4. The molecule has 0 bridgehead atoms. The summed E-state index contributed by atoms with van der Waals surface area (Å²) in [5, 5.41) is 8.92. The van der Waals surface area contributed by atoms with Crippen molar-refractivity contribution in [1.82, 2.24) is 0 Å². The molecule has 0 saturated heterocycles. The van der Waals surface area contributed by atoms with Gasteiger partial charge in [0.1, 0.15) is 22.3 Å². The van der Waals surface area contributed by atoms with E-state index in [1.54, 1.807) is 0 Å². The topological polar surface area (TPSA) is 26.3 Å². The summed E-state index contributed by atoms with van der Waals surface area (Å²) < 4.78 is 69.4. The van der Waals surface area contributed by atoms with Crippen molar-refractivity contribution in [2.75, 3.05) is 0 Å². The van der Waals surface area contributed by atoms with Gasteiger partial charge in [-0.25, -0.2) is 0 Å². The lowest BCUT2D eigenvalue weighted by Crippen LogP contribution is -1.90. The number of benzene rings is 9. The van der Waals surface area contributed by atoms with Crippen molar-refractivity contribution in [2.45, 2.75) is 0 Å². The molecule has 0 radical (unpaired) electrons. The van der Waals surface area contributed by atoms with Gasteiger partial charge >= 0.3 is 0 Å². The molecule has 222 valence electrons. The minimum atomic E-state index is -0.117. The highest BCUT2D eigenvalue weighted by Gasteiger charge is 2.19. The highest BCUT2D eigenvalue weighted by molar-refractivity contribution is 6.24. The van der Waals surface area contributed by atoms with Crippen LogP contribution in [0, 0.1) is 0 Å². The molecular formula is C46H26O2. The first kappa shape index (κ1) is 20.7. The summed E-state index contributed by atoms with van der Waals surface area (Å²) >= 11 is 0. The minimum absolute atomic E-state index is 0.0948. The molecule has 0 fully saturated rings. The Morgan fingerprint density at radius 2 is 0.708 bits per heavy atom. The second-order valence-corrected chi connectivity index (χ2v) is 12.3. The number of hydrogen-bond donors (Lipinski definition) is 0. The molecule has 0 unspecified atom stereocenters. The Kier molecular flexibility index (Phi) is 4.12. The molecular weight excluding hydrogens is 585 g/mol. The Labute approximate surface area is 283 Å². The molecule has 0 atom stereocenters. The van der Waals surface area contributed by atoms with Crippen LogP contribution >= 0.6 is 0 Å². The predicted molar refractivity (Wildman–Crippen MR) is 202 cm³/mol. The lowest BCUT2D eigenvalue weighted by Gasteiger charge is -2.17. The fourth-order valence-electron chi connectivity index (χ4n) is 7.54. The van der Waals surface area contributed by atoms with E-state index < -0.39 is 0 Å². The highest BCUT2D eigenvalue weighted by atomic mass is 16.3. The van der Waals surface area contributed by atoms with Gasteiger partial charge in [-0.05, 0) is 90.9 Å². The van der Waals surface area contributed by atoms with Crippen molar-refractivity contribution in [3.63, 3.8) is 0 Å². The van der Waals surface area contributed by atoms with Crippen LogP contribution in [0.2, 0.25) is 0 Å². The maximum Gasteiger partial charge on any atom is 0.143 e. The van der Waals surface area contributed by atoms with Gasteiger partial charge < -0.3 is 8.83 Å². The fourth-order valence-corrected chi connectivity index (χ4v) is 7.54. The van der Waals surface area contributed by atoms with Crippen molar-refractivity contribution in [3.05, 3.63) is 158 Å². The Bertz CT molecular complexity index is 3180. The van der Waals surface area contributed by atoms with Crippen LogP contribution in [-0.2, 0) is 0 Å². The lowest BCUT2D eigenvalue weighted by atomic mass is 9.85. The second kappa shape index (κ2) is 9.57. The SMILES string of the molecule is [2H]c1c(-c2c3ccccc3c(-c3c([2H])c([2H])c4oc5c6ccccc6ccc5c4c3[2H])c3ccccc23)c([2H])c2c(oc3c4ccccc4ccc32)c1[2H]. The van der Waals surface area contributed by atoms with Gasteiger partial charge in [0.2, 0.25) is 0 Å². The summed E-state index contributed by atoms with van der Waals surface area (Å²) in [5.74, 6) is 0. The van der Waals surface area contributed by atoms with Crippen LogP contribution in [0.4, 0.5) is 0 Å². The Morgan fingerprint density at radius 3 is 1.12 bits per heavy atom. The van der Waals surface area contributed by atoms with E-state index >= 15 is 0 Å². The van der Waals surface area contributed by atoms with Gasteiger partial charge in [-0.3, -0.25) is 0 Å². The van der Waals surface area contributed by atoms with Crippen molar-refractivity contribution < 1.29 is 17.1 Å². The Hall–Kier alpha value is -6.38. The molecule has 2 nitrogen and oxygen atoms in total. The molecule has 11 rings (SSSR count). The van der Waals surface area contributed by atoms with Crippen LogP contribution in [-0.4, -0.2) is 0 Å². The third kappa shape index (κ3) is 3.52. The molecule has 0 aliphatic heterocycles. The van der Waals surface area contributed by atoms with E-state index in [1.807, 2.05) is 121 Å². The molecule has 0 aliphatic rings. The number of hydrogen-bond acceptors (Lipinski definition) is 2. The lowest BCUT2D eigenvalue weighted by molar-refractivity contribution is 0.672. The van der Waals surface area contributed by atoms with Crippen LogP contribution < -0.4 is 0 Å². The second-order valence-electron chi connectivity index (χ2n) is 12.3. The molecule has 0 N–H and O–H groups in total. The molecule has 2 heterocycles. The first-order chi connectivity index (χ1) is 26.3. The van der Waals surface area contributed by atoms with Gasteiger partial charge in [-0.1, -0.05) is 121 Å². The van der Waals surface area contributed by atoms with E-state index in [0.717, 1.165) is 21.5 Å². The van der Waals surface area contributed by atoms with Gasteiger partial charge in [-0.15, -0.1) is 0 Å². The standard InChI is InChI=1S/C46H26O2/c1-3-11-31-27(9-1)17-21-37-39-25-29(19-23-41(39)47-45(31)37)43-33-13-5-7-15-35(33)44(36-16-8-6-14-34(36)43)30-20-24-42-40(26-30)38-22-18-28-10-2-4-12-32(28)46(38)48-42/h1-26H/i19D,20D,23D,24D,25D,26D. The number of furan rings is 2. The number of fused-ring (bicyclic) bond motifs is 12. The molecule has 0 aliphatic carbocycles. The average molecular weight is 617 g/mol. The molecule has 11 aromatic rings. The summed E-state index contributed by atoms with van der Waals surface area (Å²) in [6.45, 7) is 0. The predicted octanol–water partition coefficient (Wildman–Crippen LogP) is 13.4. The molecule has 48 heavy (non-hydrogen) atoms. The van der Waals surface area contributed by atoms with Crippen LogP contribution in [0.25, 0.3) is 109 Å². The van der Waals surface area contributed by atoms with E-state index in [1.165, 1.54) is 0 Å². The summed E-state index contributed by atoms with van der Waals surface area (Å²) in [7, 11) is 0. The van der Waals surface area contributed by atoms with Gasteiger partial charge in [0, 0.05) is 32.3 Å². The molecule has 0 amide bonds. The van der Waals surface area contributed by atoms with Crippen molar-refractivity contribution in [2.24, 2.45) is 0 Å². The average Bonchev–Trinajstić information content (AvgIpc) is 3.81. The van der Waals surface area contributed by atoms with Gasteiger partial charge in [0.25, 0.3) is 0 Å². The van der Waals surface area contributed by atoms with Crippen LogP contribution in [0.5, 0.6) is 0 Å². The molecule has 0 spiro atoms. The van der Waals surface area contributed by atoms with E-state index in [4.69, 9.17) is 8.83 Å². The normalized spacial score (nSPS) is 13.9. The van der Waals surface area contributed by atoms with Crippen molar-refractivity contribution in [1.29, 1.82) is 0 Å². The maximum absolute atomic E-state index is 9.73. The molecule has 2 heteroatoms. The van der Waals surface area contributed by atoms with Crippen LogP contribution in [0.1, 0.15) is 8.22 Å². The summed E-state index contributed by atoms with van der Waals surface area (Å²) in [5.41, 5.74) is 3.44. The summed E-state index contributed by atoms with van der Waals surface area (Å²) in [4.78, 5) is 0. The maximum atomic E-state index is 9.73. The number of rotatable bonds is 2. The van der Waals surface area contributed by atoms with E-state index in [2.05, 4.69) is 0 Å². The smallest absolute Gasteiger partial charge is 0.143 e. The first-order valence-corrected chi connectivity index (χ1v) is 15.9. The van der Waals surface area contributed by atoms with Gasteiger partial charge in [0.05, 0.1) is 8.22 Å². The minimum Gasteiger partial charge on any atom is -0.455 e. The van der Waals surface area contributed by atoms with Crippen molar-refractivity contribution in [3.8, 4) is 22.3 Å². The summed E-state index contributed by atoms with van der Waals surface area (Å²) in [6, 6.07) is 38.6. The monoisotopic (exact) mass is 616 g/mol. The molecule has 0 saturated carbocycles. The molecule has 9 aromatic carbocycles. The highest BCUT2D eigenvalue weighted by Crippen LogP contribution is 2.46.